The van der Waals surface area contributed by atoms with Crippen molar-refractivity contribution in [3.8, 4) is 0 Å². The third kappa shape index (κ3) is 4.66. The first-order chi connectivity index (χ1) is 20.2. The van der Waals surface area contributed by atoms with Crippen LogP contribution in [0, 0.1) is 23.7 Å². The SMILES string of the molecule is C=CCC(=C)C=CC1=CC=C(C2=c3ccccc3=C(C3=CC4=C(C=CCC4)CC3)C3C=CC=CC23)C2C=CC=CC12. The zero-order chi connectivity index (χ0) is 27.8. The van der Waals surface area contributed by atoms with Gasteiger partial charge in [-0.3, -0.25) is 0 Å². The Kier molecular flexibility index (Phi) is 6.93. The molecule has 0 nitrogen and oxygen atoms in total. The van der Waals surface area contributed by atoms with Crippen LogP contribution in [0.2, 0.25) is 0 Å². The predicted molar refractivity (Wildman–Crippen MR) is 175 cm³/mol. The predicted octanol–water partition coefficient (Wildman–Crippen LogP) is 8.64. The molecule has 202 valence electrons. The molecule has 1 aromatic rings. The number of benzene rings is 1. The van der Waals surface area contributed by atoms with Crippen LogP contribution in [-0.2, 0) is 0 Å². The molecular weight excluding hydrogens is 492 g/mol. The molecule has 6 aliphatic rings. The van der Waals surface area contributed by atoms with Crippen molar-refractivity contribution < 1.29 is 0 Å². The molecule has 0 radical (unpaired) electrons. The second-order valence-corrected chi connectivity index (χ2v) is 11.9. The zero-order valence-corrected chi connectivity index (χ0v) is 23.8. The number of hydrogen-bond acceptors (Lipinski definition) is 0. The minimum Gasteiger partial charge on any atom is -0.103 e. The van der Waals surface area contributed by atoms with E-state index in [1.807, 2.05) is 6.08 Å². The van der Waals surface area contributed by atoms with E-state index in [-0.39, 0.29) is 0 Å². The normalized spacial score (nSPS) is 27.6. The quantitative estimate of drug-likeness (QED) is 0.255. The second kappa shape index (κ2) is 11.0. The van der Waals surface area contributed by atoms with Gasteiger partial charge in [0.2, 0.25) is 0 Å². The molecule has 0 aliphatic heterocycles. The van der Waals surface area contributed by atoms with E-state index >= 15 is 0 Å². The van der Waals surface area contributed by atoms with E-state index in [1.165, 1.54) is 33.6 Å². The van der Waals surface area contributed by atoms with Crippen LogP contribution in [0.4, 0.5) is 0 Å². The molecule has 41 heavy (non-hydrogen) atoms. The van der Waals surface area contributed by atoms with Crippen molar-refractivity contribution in [2.24, 2.45) is 23.7 Å². The maximum Gasteiger partial charge on any atom is 0.0134 e. The van der Waals surface area contributed by atoms with Gasteiger partial charge < -0.3 is 0 Å². The molecule has 0 spiro atoms. The fourth-order valence-corrected chi connectivity index (χ4v) is 7.65. The smallest absolute Gasteiger partial charge is 0.0134 e. The Balaban J connectivity index is 1.42. The lowest BCUT2D eigenvalue weighted by Gasteiger charge is -2.39. The Morgan fingerprint density at radius 2 is 1.49 bits per heavy atom. The van der Waals surface area contributed by atoms with Crippen molar-refractivity contribution >= 4 is 11.1 Å². The van der Waals surface area contributed by atoms with Crippen LogP contribution in [-0.4, -0.2) is 0 Å². The van der Waals surface area contributed by atoms with Gasteiger partial charge in [0.1, 0.15) is 0 Å². The van der Waals surface area contributed by atoms with E-state index in [1.54, 1.807) is 22.3 Å². The molecule has 0 bridgehead atoms. The molecule has 7 rings (SSSR count). The average Bonchev–Trinajstić information content (AvgIpc) is 3.02. The van der Waals surface area contributed by atoms with Gasteiger partial charge in [0, 0.05) is 23.7 Å². The van der Waals surface area contributed by atoms with Gasteiger partial charge in [-0.2, -0.15) is 0 Å². The monoisotopic (exact) mass is 530 g/mol. The first-order valence-corrected chi connectivity index (χ1v) is 15.2. The summed E-state index contributed by atoms with van der Waals surface area (Å²) in [5.74, 6) is 1.33. The Morgan fingerprint density at radius 3 is 2.27 bits per heavy atom. The van der Waals surface area contributed by atoms with Crippen molar-refractivity contribution in [2.75, 3.05) is 0 Å². The highest BCUT2D eigenvalue weighted by Gasteiger charge is 2.37. The van der Waals surface area contributed by atoms with Crippen LogP contribution in [0.15, 0.2) is 168 Å². The van der Waals surface area contributed by atoms with Crippen LogP contribution < -0.4 is 10.4 Å². The molecule has 1 aromatic carbocycles. The fourth-order valence-electron chi connectivity index (χ4n) is 7.65. The van der Waals surface area contributed by atoms with Crippen molar-refractivity contribution in [1.29, 1.82) is 0 Å². The molecule has 6 aliphatic carbocycles. The highest BCUT2D eigenvalue weighted by atomic mass is 14.4. The molecule has 4 atom stereocenters. The Morgan fingerprint density at radius 1 is 0.780 bits per heavy atom. The standard InChI is InChI=1S/C41H38/c1-3-12-28(2)21-22-30-25-26-39(34-16-7-6-15-33(30)34)41-37-19-10-8-17-35(37)40(36-18-9-11-20-38(36)41)32-24-23-29-13-4-5-14-31(29)27-32/h3-4,6-11,13,15-22,25-27,33-35,37H,1-2,5,12,14,23-24H2. The highest BCUT2D eigenvalue weighted by Crippen LogP contribution is 2.48. The number of rotatable bonds is 6. The van der Waals surface area contributed by atoms with E-state index in [9.17, 15) is 0 Å². The third-order valence-corrected chi connectivity index (χ3v) is 9.54. The lowest BCUT2D eigenvalue weighted by molar-refractivity contribution is 0.594. The zero-order valence-electron chi connectivity index (χ0n) is 23.8. The van der Waals surface area contributed by atoms with Crippen LogP contribution in [0.25, 0.3) is 11.1 Å². The molecule has 0 saturated heterocycles. The third-order valence-electron chi connectivity index (χ3n) is 9.54. The molecule has 0 heterocycles. The molecule has 0 aromatic heterocycles. The van der Waals surface area contributed by atoms with Crippen LogP contribution >= 0.6 is 0 Å². The van der Waals surface area contributed by atoms with E-state index in [2.05, 4.69) is 129 Å². The van der Waals surface area contributed by atoms with Gasteiger partial charge in [-0.1, -0.05) is 134 Å². The maximum atomic E-state index is 4.20. The van der Waals surface area contributed by atoms with Gasteiger partial charge >= 0.3 is 0 Å². The molecule has 4 unspecified atom stereocenters. The summed E-state index contributed by atoms with van der Waals surface area (Å²) < 4.78 is 0. The molecule has 0 saturated carbocycles. The molecule has 0 heteroatoms. The van der Waals surface area contributed by atoms with Crippen molar-refractivity contribution in [2.45, 2.75) is 32.1 Å². The van der Waals surface area contributed by atoms with Gasteiger partial charge in [0.05, 0.1) is 0 Å². The first kappa shape index (κ1) is 25.8. The summed E-state index contributed by atoms with van der Waals surface area (Å²) in [6.07, 6.45) is 42.5. The highest BCUT2D eigenvalue weighted by molar-refractivity contribution is 5.82. The van der Waals surface area contributed by atoms with Gasteiger partial charge in [0.25, 0.3) is 0 Å². The summed E-state index contributed by atoms with van der Waals surface area (Å²) in [7, 11) is 0. The van der Waals surface area contributed by atoms with Gasteiger partial charge in [-0.05, 0) is 81.6 Å². The topological polar surface area (TPSA) is 0 Å². The lowest BCUT2D eigenvalue weighted by Crippen LogP contribution is -2.42. The van der Waals surface area contributed by atoms with Gasteiger partial charge in [-0.15, -0.1) is 6.58 Å². The second-order valence-electron chi connectivity index (χ2n) is 11.9. The van der Waals surface area contributed by atoms with Crippen molar-refractivity contribution in [1.82, 2.24) is 0 Å². The fraction of sp³-hybridized carbons (Fsp3) is 0.220. The van der Waals surface area contributed by atoms with Gasteiger partial charge in [-0.25, -0.2) is 0 Å². The van der Waals surface area contributed by atoms with Crippen LogP contribution in [0.5, 0.6) is 0 Å². The van der Waals surface area contributed by atoms with E-state index in [0.29, 0.717) is 23.7 Å². The molecular formula is C41H38. The molecule has 0 N–H and O–H groups in total. The minimum absolute atomic E-state index is 0.317. The summed E-state index contributed by atoms with van der Waals surface area (Å²) in [4.78, 5) is 0. The maximum absolute atomic E-state index is 4.20. The number of allylic oxidation sites excluding steroid dienone is 22. The van der Waals surface area contributed by atoms with Crippen molar-refractivity contribution in [3.05, 3.63) is 179 Å². The summed E-state index contributed by atoms with van der Waals surface area (Å²) in [5, 5.41) is 2.83. The van der Waals surface area contributed by atoms with Crippen LogP contribution in [0.3, 0.4) is 0 Å². The minimum atomic E-state index is 0.317. The first-order valence-electron chi connectivity index (χ1n) is 15.2. The van der Waals surface area contributed by atoms with E-state index in [0.717, 1.165) is 31.3 Å². The summed E-state index contributed by atoms with van der Waals surface area (Å²) in [6, 6.07) is 9.22. The molecule has 0 amide bonds. The number of hydrogen-bond donors (Lipinski definition) is 0. The van der Waals surface area contributed by atoms with E-state index < -0.39 is 0 Å². The Bertz CT molecular complexity index is 1740. The average molecular weight is 531 g/mol. The largest absolute Gasteiger partial charge is 0.103 e. The summed E-state index contributed by atoms with van der Waals surface area (Å²) in [6.45, 7) is 8.06. The summed E-state index contributed by atoms with van der Waals surface area (Å²) in [5.41, 5.74) is 11.6. The summed E-state index contributed by atoms with van der Waals surface area (Å²) >= 11 is 0. The Labute approximate surface area is 245 Å². The van der Waals surface area contributed by atoms with Crippen LogP contribution in [0.1, 0.15) is 32.1 Å². The number of fused-ring (bicyclic) bond motifs is 3. The van der Waals surface area contributed by atoms with E-state index in [4.69, 9.17) is 0 Å². The Hall–Kier alpha value is -4.16. The lowest BCUT2D eigenvalue weighted by atomic mass is 9.64. The van der Waals surface area contributed by atoms with Crippen molar-refractivity contribution in [3.63, 3.8) is 0 Å². The van der Waals surface area contributed by atoms with Gasteiger partial charge in [0.15, 0.2) is 0 Å². The molecule has 0 fully saturated rings.